The van der Waals surface area contributed by atoms with E-state index in [9.17, 15) is 14.4 Å². The van der Waals surface area contributed by atoms with Crippen LogP contribution in [0.3, 0.4) is 0 Å². The molecule has 1 aromatic heterocycles. The highest BCUT2D eigenvalue weighted by atomic mass is 16.3. The second kappa shape index (κ2) is 11.5. The van der Waals surface area contributed by atoms with Gasteiger partial charge in [0.25, 0.3) is 11.8 Å². The van der Waals surface area contributed by atoms with E-state index in [0.717, 1.165) is 6.42 Å². The Kier molecular flexibility index (Phi) is 8.24. The maximum absolute atomic E-state index is 12.4. The van der Waals surface area contributed by atoms with Gasteiger partial charge in [0.2, 0.25) is 5.91 Å². The minimum atomic E-state index is -0.280. The molecule has 4 N–H and O–H groups in total. The van der Waals surface area contributed by atoms with Crippen LogP contribution in [0.25, 0.3) is 0 Å². The first-order valence-corrected chi connectivity index (χ1v) is 10.8. The lowest BCUT2D eigenvalue weighted by Gasteiger charge is -2.13. The summed E-state index contributed by atoms with van der Waals surface area (Å²) in [5.74, 6) is -0.0504. The molecule has 1 heterocycles. The Balaban J connectivity index is 1.52. The predicted molar refractivity (Wildman–Crippen MR) is 127 cm³/mol. The van der Waals surface area contributed by atoms with Crippen molar-refractivity contribution < 1.29 is 18.8 Å². The summed E-state index contributed by atoms with van der Waals surface area (Å²) in [7, 11) is 0. The SMILES string of the molecule is CCC(C)NC(=O)c1cccc(NCC(=O)Nc2cccc(C(=O)NCc3ccco3)c2)c1. The maximum atomic E-state index is 12.4. The zero-order valence-electron chi connectivity index (χ0n) is 18.7. The minimum Gasteiger partial charge on any atom is -0.467 e. The van der Waals surface area contributed by atoms with Crippen molar-refractivity contribution in [3.63, 3.8) is 0 Å². The number of hydrogen-bond acceptors (Lipinski definition) is 5. The van der Waals surface area contributed by atoms with Crippen LogP contribution in [0.5, 0.6) is 0 Å². The maximum Gasteiger partial charge on any atom is 0.251 e. The third kappa shape index (κ3) is 7.24. The van der Waals surface area contributed by atoms with E-state index in [0.29, 0.717) is 28.3 Å². The molecule has 8 heteroatoms. The molecule has 0 saturated carbocycles. The van der Waals surface area contributed by atoms with Gasteiger partial charge in [-0.1, -0.05) is 19.1 Å². The van der Waals surface area contributed by atoms with Gasteiger partial charge in [-0.05, 0) is 61.9 Å². The topological polar surface area (TPSA) is 112 Å². The van der Waals surface area contributed by atoms with Gasteiger partial charge in [-0.25, -0.2) is 0 Å². The average molecular weight is 449 g/mol. The van der Waals surface area contributed by atoms with Gasteiger partial charge in [-0.15, -0.1) is 0 Å². The standard InChI is InChI=1S/C25H28N4O4/c1-3-17(2)28-25(32)19-8-4-9-20(13-19)26-16-23(30)29-21-10-5-7-18(14-21)24(31)27-15-22-11-6-12-33-22/h4-14,17,26H,3,15-16H2,1-2H3,(H,27,31)(H,28,32)(H,29,30). The molecule has 0 aliphatic rings. The number of amides is 3. The predicted octanol–water partition coefficient (Wildman–Crippen LogP) is 3.79. The molecule has 0 bridgehead atoms. The van der Waals surface area contributed by atoms with Gasteiger partial charge in [0.05, 0.1) is 19.4 Å². The normalized spacial score (nSPS) is 11.3. The van der Waals surface area contributed by atoms with E-state index >= 15 is 0 Å². The number of benzene rings is 2. The summed E-state index contributed by atoms with van der Waals surface area (Å²) in [5, 5.41) is 11.5. The van der Waals surface area contributed by atoms with Gasteiger partial charge in [0.1, 0.15) is 5.76 Å². The van der Waals surface area contributed by atoms with Crippen molar-refractivity contribution in [2.75, 3.05) is 17.2 Å². The first-order chi connectivity index (χ1) is 15.9. The van der Waals surface area contributed by atoms with Gasteiger partial charge in [-0.3, -0.25) is 14.4 Å². The van der Waals surface area contributed by atoms with Crippen molar-refractivity contribution >= 4 is 29.1 Å². The number of nitrogens with one attached hydrogen (secondary N) is 4. The number of furan rings is 1. The van der Waals surface area contributed by atoms with Crippen molar-refractivity contribution in [1.82, 2.24) is 10.6 Å². The monoisotopic (exact) mass is 448 g/mol. The van der Waals surface area contributed by atoms with Crippen molar-refractivity contribution in [2.24, 2.45) is 0 Å². The van der Waals surface area contributed by atoms with Crippen LogP contribution >= 0.6 is 0 Å². The number of carbonyl (C=O) groups excluding carboxylic acids is 3. The Hall–Kier alpha value is -4.07. The lowest BCUT2D eigenvalue weighted by Crippen LogP contribution is -2.31. The fraction of sp³-hybridized carbons (Fsp3) is 0.240. The van der Waals surface area contributed by atoms with Gasteiger partial charge in [-0.2, -0.15) is 0 Å². The van der Waals surface area contributed by atoms with E-state index < -0.39 is 0 Å². The molecule has 1 unspecified atom stereocenters. The van der Waals surface area contributed by atoms with Crippen LogP contribution in [0.2, 0.25) is 0 Å². The molecule has 0 radical (unpaired) electrons. The van der Waals surface area contributed by atoms with E-state index in [-0.39, 0.29) is 36.9 Å². The van der Waals surface area contributed by atoms with Crippen LogP contribution in [0.4, 0.5) is 11.4 Å². The molecule has 3 amide bonds. The second-order valence-electron chi connectivity index (χ2n) is 7.61. The smallest absolute Gasteiger partial charge is 0.251 e. The van der Waals surface area contributed by atoms with E-state index in [1.54, 1.807) is 66.9 Å². The largest absolute Gasteiger partial charge is 0.467 e. The van der Waals surface area contributed by atoms with Crippen molar-refractivity contribution in [3.05, 3.63) is 83.8 Å². The Morgan fingerprint density at radius 1 is 0.909 bits per heavy atom. The zero-order chi connectivity index (χ0) is 23.6. The van der Waals surface area contributed by atoms with Crippen LogP contribution in [0.15, 0.2) is 71.3 Å². The molecular formula is C25H28N4O4. The summed E-state index contributed by atoms with van der Waals surface area (Å²) < 4.78 is 5.20. The van der Waals surface area contributed by atoms with Crippen LogP contribution in [-0.2, 0) is 11.3 Å². The van der Waals surface area contributed by atoms with E-state index in [1.165, 1.54) is 0 Å². The Morgan fingerprint density at radius 3 is 2.30 bits per heavy atom. The summed E-state index contributed by atoms with van der Waals surface area (Å²) in [6.07, 6.45) is 2.39. The molecule has 33 heavy (non-hydrogen) atoms. The van der Waals surface area contributed by atoms with Crippen molar-refractivity contribution in [1.29, 1.82) is 0 Å². The van der Waals surface area contributed by atoms with Gasteiger partial charge < -0.3 is 25.7 Å². The molecule has 1 atom stereocenters. The third-order valence-corrected chi connectivity index (χ3v) is 4.98. The third-order valence-electron chi connectivity index (χ3n) is 4.98. The highest BCUT2D eigenvalue weighted by Crippen LogP contribution is 2.13. The quantitative estimate of drug-likeness (QED) is 0.377. The zero-order valence-corrected chi connectivity index (χ0v) is 18.7. The molecule has 0 aliphatic carbocycles. The molecule has 3 aromatic rings. The summed E-state index contributed by atoms with van der Waals surface area (Å²) >= 11 is 0. The number of carbonyl (C=O) groups is 3. The molecule has 0 spiro atoms. The molecule has 2 aromatic carbocycles. The van der Waals surface area contributed by atoms with Crippen LogP contribution in [0, 0.1) is 0 Å². The summed E-state index contributed by atoms with van der Waals surface area (Å²) in [6.45, 7) is 4.23. The summed E-state index contributed by atoms with van der Waals surface area (Å²) in [6, 6.07) is 17.3. The van der Waals surface area contributed by atoms with E-state index in [1.807, 2.05) is 13.8 Å². The Morgan fingerprint density at radius 2 is 1.61 bits per heavy atom. The first kappa shape index (κ1) is 23.6. The van der Waals surface area contributed by atoms with E-state index in [2.05, 4.69) is 21.3 Å². The van der Waals surface area contributed by atoms with Crippen LogP contribution in [-0.4, -0.2) is 30.3 Å². The number of hydrogen-bond donors (Lipinski definition) is 4. The summed E-state index contributed by atoms with van der Waals surface area (Å²) in [4.78, 5) is 37.0. The highest BCUT2D eigenvalue weighted by molar-refractivity contribution is 5.98. The van der Waals surface area contributed by atoms with Gasteiger partial charge in [0, 0.05) is 28.5 Å². The fourth-order valence-corrected chi connectivity index (χ4v) is 2.99. The molecular weight excluding hydrogens is 420 g/mol. The molecule has 3 rings (SSSR count). The molecule has 0 fully saturated rings. The lowest BCUT2D eigenvalue weighted by atomic mass is 10.1. The molecule has 0 saturated heterocycles. The molecule has 0 aliphatic heterocycles. The number of anilines is 2. The van der Waals surface area contributed by atoms with Crippen LogP contribution < -0.4 is 21.3 Å². The van der Waals surface area contributed by atoms with Crippen molar-refractivity contribution in [2.45, 2.75) is 32.9 Å². The second-order valence-corrected chi connectivity index (χ2v) is 7.61. The van der Waals surface area contributed by atoms with Gasteiger partial charge in [0.15, 0.2) is 0 Å². The summed E-state index contributed by atoms with van der Waals surface area (Å²) in [5.41, 5.74) is 2.11. The Bertz CT molecular complexity index is 1100. The van der Waals surface area contributed by atoms with E-state index in [4.69, 9.17) is 4.42 Å². The number of rotatable bonds is 10. The lowest BCUT2D eigenvalue weighted by molar-refractivity contribution is -0.114. The highest BCUT2D eigenvalue weighted by Gasteiger charge is 2.11. The first-order valence-electron chi connectivity index (χ1n) is 10.8. The average Bonchev–Trinajstić information content (AvgIpc) is 3.35. The van der Waals surface area contributed by atoms with Crippen LogP contribution in [0.1, 0.15) is 46.7 Å². The molecule has 172 valence electrons. The van der Waals surface area contributed by atoms with Gasteiger partial charge >= 0.3 is 0 Å². The molecule has 8 nitrogen and oxygen atoms in total. The Labute approximate surface area is 192 Å². The fourth-order valence-electron chi connectivity index (χ4n) is 2.99. The minimum absolute atomic E-state index is 0.00531. The van der Waals surface area contributed by atoms with Crippen molar-refractivity contribution in [3.8, 4) is 0 Å².